The molecule has 0 bridgehead atoms. The molecule has 0 fully saturated rings. The molecule has 0 aliphatic heterocycles. The third-order valence-electron chi connectivity index (χ3n) is 5.54. The van der Waals surface area contributed by atoms with E-state index in [1.54, 1.807) is 20.8 Å². The van der Waals surface area contributed by atoms with E-state index in [-0.39, 0.29) is 12.5 Å². The number of amides is 3. The number of carboxylic acids is 1. The Balaban J connectivity index is 1.52. The molecule has 1 aliphatic rings. The number of ether oxygens (including phenoxy) is 2. The highest BCUT2D eigenvalue weighted by atomic mass is 16.6. The predicted molar refractivity (Wildman–Crippen MR) is 131 cm³/mol. The largest absolute Gasteiger partial charge is 0.480 e. The number of alkyl carbamates (subject to hydrolysis) is 2. The van der Waals surface area contributed by atoms with E-state index in [1.165, 1.54) is 6.92 Å². The topological polar surface area (TPSA) is 143 Å². The van der Waals surface area contributed by atoms with Crippen LogP contribution in [-0.2, 0) is 19.1 Å². The van der Waals surface area contributed by atoms with E-state index in [2.05, 4.69) is 16.0 Å². The van der Waals surface area contributed by atoms with Gasteiger partial charge in [-0.3, -0.25) is 4.79 Å². The molecule has 10 heteroatoms. The van der Waals surface area contributed by atoms with Crippen molar-refractivity contribution in [1.82, 2.24) is 16.0 Å². The first-order chi connectivity index (χ1) is 17.0. The van der Waals surface area contributed by atoms with Crippen LogP contribution in [0.2, 0.25) is 0 Å². The average molecular weight is 498 g/mol. The van der Waals surface area contributed by atoms with Gasteiger partial charge in [0.25, 0.3) is 0 Å². The van der Waals surface area contributed by atoms with Crippen molar-refractivity contribution >= 4 is 24.1 Å². The van der Waals surface area contributed by atoms with Crippen LogP contribution in [0, 0.1) is 0 Å². The maximum absolute atomic E-state index is 12.5. The Morgan fingerprint density at radius 3 is 2.00 bits per heavy atom. The van der Waals surface area contributed by atoms with E-state index in [1.807, 2.05) is 48.5 Å². The Bertz CT molecular complexity index is 1100. The van der Waals surface area contributed by atoms with Crippen molar-refractivity contribution in [3.63, 3.8) is 0 Å². The van der Waals surface area contributed by atoms with Gasteiger partial charge in [0.2, 0.25) is 5.91 Å². The van der Waals surface area contributed by atoms with Crippen LogP contribution in [0.3, 0.4) is 0 Å². The summed E-state index contributed by atoms with van der Waals surface area (Å²) in [6, 6.07) is 13.3. The van der Waals surface area contributed by atoms with E-state index in [4.69, 9.17) is 9.47 Å². The van der Waals surface area contributed by atoms with Crippen LogP contribution >= 0.6 is 0 Å². The van der Waals surface area contributed by atoms with Crippen LogP contribution in [0.1, 0.15) is 44.7 Å². The predicted octanol–water partition coefficient (Wildman–Crippen LogP) is 3.01. The quantitative estimate of drug-likeness (QED) is 0.439. The van der Waals surface area contributed by atoms with Crippen molar-refractivity contribution in [3.05, 3.63) is 59.7 Å². The first kappa shape index (κ1) is 26.5. The minimum absolute atomic E-state index is 0.0752. The minimum atomic E-state index is -1.42. The van der Waals surface area contributed by atoms with Crippen LogP contribution in [0.25, 0.3) is 11.1 Å². The average Bonchev–Trinajstić information content (AvgIpc) is 3.12. The summed E-state index contributed by atoms with van der Waals surface area (Å²) in [7, 11) is 0. The first-order valence-electron chi connectivity index (χ1n) is 11.6. The van der Waals surface area contributed by atoms with Gasteiger partial charge in [0.15, 0.2) is 0 Å². The number of rotatable bonds is 8. The Hall–Kier alpha value is -4.08. The van der Waals surface area contributed by atoms with E-state index in [0.717, 1.165) is 22.3 Å². The standard InChI is InChI=1S/C26H31N3O7/c1-15(22(30)29-21(23(31)32)13-27-24(33)36-26(2,3)4)28-25(34)35-14-20-18-11-7-5-9-16(18)17-10-6-8-12-19(17)20/h5-12,15,20-21H,13-14H2,1-4H3,(H,27,33)(H,28,34)(H,29,30)(H,31,32)/t15-,21+/m0/s1. The normalized spacial score (nSPS) is 14.0. The van der Waals surface area contributed by atoms with Gasteiger partial charge in [-0.1, -0.05) is 48.5 Å². The summed E-state index contributed by atoms with van der Waals surface area (Å²) >= 11 is 0. The van der Waals surface area contributed by atoms with Gasteiger partial charge in [0.1, 0.15) is 24.3 Å². The second-order valence-corrected chi connectivity index (χ2v) is 9.47. The van der Waals surface area contributed by atoms with Gasteiger partial charge in [-0.2, -0.15) is 0 Å². The van der Waals surface area contributed by atoms with Crippen LogP contribution in [-0.4, -0.2) is 60.0 Å². The number of benzene rings is 2. The highest BCUT2D eigenvalue weighted by Gasteiger charge is 2.30. The molecule has 0 saturated heterocycles. The fraction of sp³-hybridized carbons (Fsp3) is 0.385. The number of hydrogen-bond acceptors (Lipinski definition) is 6. The molecule has 2 aromatic carbocycles. The second kappa shape index (κ2) is 11.1. The van der Waals surface area contributed by atoms with E-state index in [9.17, 15) is 24.3 Å². The molecule has 192 valence electrons. The Kier molecular flexibility index (Phi) is 8.18. The SMILES string of the molecule is C[C@H](NC(=O)OCC1c2ccccc2-c2ccccc21)C(=O)N[C@H](CNC(=O)OC(C)(C)C)C(=O)O. The Labute approximate surface area is 209 Å². The van der Waals surface area contributed by atoms with Crippen LogP contribution in [0.15, 0.2) is 48.5 Å². The fourth-order valence-corrected chi connectivity index (χ4v) is 3.88. The Morgan fingerprint density at radius 2 is 1.47 bits per heavy atom. The number of nitrogens with one attached hydrogen (secondary N) is 3. The molecule has 0 spiro atoms. The molecular formula is C26H31N3O7. The number of hydrogen-bond donors (Lipinski definition) is 4. The molecule has 3 amide bonds. The molecule has 1 aliphatic carbocycles. The molecule has 2 aromatic rings. The maximum atomic E-state index is 12.5. The summed E-state index contributed by atoms with van der Waals surface area (Å²) in [6.45, 7) is 6.08. The molecule has 10 nitrogen and oxygen atoms in total. The van der Waals surface area contributed by atoms with E-state index < -0.39 is 48.3 Å². The zero-order valence-electron chi connectivity index (χ0n) is 20.7. The molecule has 0 heterocycles. The van der Waals surface area contributed by atoms with Crippen LogP contribution in [0.5, 0.6) is 0 Å². The van der Waals surface area contributed by atoms with Crippen molar-refractivity contribution in [2.24, 2.45) is 0 Å². The maximum Gasteiger partial charge on any atom is 0.407 e. The summed E-state index contributed by atoms with van der Waals surface area (Å²) in [6.07, 6.45) is -1.62. The number of fused-ring (bicyclic) bond motifs is 3. The molecule has 0 radical (unpaired) electrons. The van der Waals surface area contributed by atoms with E-state index >= 15 is 0 Å². The zero-order chi connectivity index (χ0) is 26.5. The highest BCUT2D eigenvalue weighted by molar-refractivity contribution is 5.89. The first-order valence-corrected chi connectivity index (χ1v) is 11.6. The molecule has 0 unspecified atom stereocenters. The van der Waals surface area contributed by atoms with Gasteiger partial charge in [-0.15, -0.1) is 0 Å². The number of carbonyl (C=O) groups is 4. The minimum Gasteiger partial charge on any atom is -0.480 e. The number of carbonyl (C=O) groups excluding carboxylic acids is 3. The lowest BCUT2D eigenvalue weighted by Gasteiger charge is -2.22. The van der Waals surface area contributed by atoms with Gasteiger partial charge in [0.05, 0.1) is 6.54 Å². The van der Waals surface area contributed by atoms with Crippen molar-refractivity contribution in [3.8, 4) is 11.1 Å². The molecular weight excluding hydrogens is 466 g/mol. The van der Waals surface area contributed by atoms with Crippen molar-refractivity contribution in [2.75, 3.05) is 13.2 Å². The summed E-state index contributed by atoms with van der Waals surface area (Å²) in [4.78, 5) is 48.2. The fourth-order valence-electron chi connectivity index (χ4n) is 3.88. The highest BCUT2D eigenvalue weighted by Crippen LogP contribution is 2.44. The molecule has 0 saturated carbocycles. The number of carboxylic acid groups (broad SMARTS) is 1. The lowest BCUT2D eigenvalue weighted by molar-refractivity contribution is -0.141. The summed E-state index contributed by atoms with van der Waals surface area (Å²) < 4.78 is 10.5. The monoisotopic (exact) mass is 497 g/mol. The molecule has 3 rings (SSSR count). The lowest BCUT2D eigenvalue weighted by atomic mass is 9.98. The summed E-state index contributed by atoms with van der Waals surface area (Å²) in [5, 5.41) is 16.4. The third-order valence-corrected chi connectivity index (χ3v) is 5.54. The van der Waals surface area contributed by atoms with Crippen molar-refractivity contribution in [1.29, 1.82) is 0 Å². The summed E-state index contributed by atoms with van der Waals surface area (Å²) in [5.41, 5.74) is 3.54. The smallest absolute Gasteiger partial charge is 0.407 e. The van der Waals surface area contributed by atoms with Crippen molar-refractivity contribution < 1.29 is 33.8 Å². The zero-order valence-corrected chi connectivity index (χ0v) is 20.7. The van der Waals surface area contributed by atoms with Crippen molar-refractivity contribution in [2.45, 2.75) is 51.3 Å². The van der Waals surface area contributed by atoms with E-state index in [0.29, 0.717) is 0 Å². The van der Waals surface area contributed by atoms with Gasteiger partial charge < -0.3 is 30.5 Å². The van der Waals surface area contributed by atoms with Gasteiger partial charge in [-0.05, 0) is 49.9 Å². The van der Waals surface area contributed by atoms with Gasteiger partial charge in [0, 0.05) is 5.92 Å². The molecule has 36 heavy (non-hydrogen) atoms. The Morgan fingerprint density at radius 1 is 0.917 bits per heavy atom. The molecule has 4 N–H and O–H groups in total. The second-order valence-electron chi connectivity index (χ2n) is 9.47. The summed E-state index contributed by atoms with van der Waals surface area (Å²) in [5.74, 6) is -2.24. The van der Waals surface area contributed by atoms with Gasteiger partial charge >= 0.3 is 18.2 Å². The van der Waals surface area contributed by atoms with Gasteiger partial charge in [-0.25, -0.2) is 14.4 Å². The third kappa shape index (κ3) is 6.74. The lowest BCUT2D eigenvalue weighted by Crippen LogP contribution is -2.54. The number of aliphatic carboxylic acids is 1. The van der Waals surface area contributed by atoms with Crippen LogP contribution in [0.4, 0.5) is 9.59 Å². The molecule has 0 aromatic heterocycles. The van der Waals surface area contributed by atoms with Crippen LogP contribution < -0.4 is 16.0 Å². The molecule has 2 atom stereocenters.